The number of nitrogens with zero attached hydrogens (tertiary/aromatic N) is 7. The first-order chi connectivity index (χ1) is 23.5. The van der Waals surface area contributed by atoms with Crippen LogP contribution in [0.1, 0.15) is 36.6 Å². The number of carbonyl (C=O) groups excluding carboxylic acids is 2. The highest BCUT2D eigenvalue weighted by molar-refractivity contribution is 5.97. The monoisotopic (exact) mass is 671 g/mol. The number of anilines is 2. The van der Waals surface area contributed by atoms with E-state index in [-0.39, 0.29) is 50.1 Å². The van der Waals surface area contributed by atoms with Crippen molar-refractivity contribution in [2.24, 2.45) is 5.92 Å². The second kappa shape index (κ2) is 14.0. The first-order valence-corrected chi connectivity index (χ1v) is 16.7. The van der Waals surface area contributed by atoms with Crippen molar-refractivity contribution in [3.8, 4) is 12.1 Å². The number of rotatable bonds is 9. The van der Waals surface area contributed by atoms with Crippen LogP contribution in [0.4, 0.5) is 15.9 Å². The first kappa shape index (κ1) is 34.1. The van der Waals surface area contributed by atoms with Gasteiger partial charge in [-0.15, -0.1) is 0 Å². The van der Waals surface area contributed by atoms with Gasteiger partial charge in [0.2, 0.25) is 5.91 Å². The van der Waals surface area contributed by atoms with Gasteiger partial charge >= 0.3 is 6.01 Å². The first-order valence-electron chi connectivity index (χ1n) is 16.7. The van der Waals surface area contributed by atoms with Gasteiger partial charge in [0.1, 0.15) is 5.82 Å². The summed E-state index contributed by atoms with van der Waals surface area (Å²) in [4.78, 5) is 41.6. The van der Waals surface area contributed by atoms with Crippen molar-refractivity contribution in [2.75, 3.05) is 49.6 Å². The van der Waals surface area contributed by atoms with E-state index >= 15 is 0 Å². The lowest BCUT2D eigenvalue weighted by Crippen LogP contribution is -2.59. The van der Waals surface area contributed by atoms with Gasteiger partial charge in [0.15, 0.2) is 11.9 Å². The molecule has 0 aliphatic carbocycles. The highest BCUT2D eigenvalue weighted by Crippen LogP contribution is 2.36. The number of aliphatic hydroxyl groups excluding tert-OH is 2. The van der Waals surface area contributed by atoms with E-state index in [1.165, 1.54) is 0 Å². The summed E-state index contributed by atoms with van der Waals surface area (Å²) >= 11 is 0. The number of ether oxygens (including phenoxy) is 1. The highest BCUT2D eigenvalue weighted by atomic mass is 19.1. The number of benzene rings is 2. The highest BCUT2D eigenvalue weighted by Gasteiger charge is 2.39. The van der Waals surface area contributed by atoms with Crippen molar-refractivity contribution in [1.82, 2.24) is 19.8 Å². The zero-order valence-corrected chi connectivity index (χ0v) is 28.0. The molecule has 0 spiro atoms. The lowest BCUT2D eigenvalue weighted by Gasteiger charge is -2.43. The number of fused-ring (bicyclic) bond motifs is 2. The summed E-state index contributed by atoms with van der Waals surface area (Å²) in [6.07, 6.45) is -0.717. The fourth-order valence-electron chi connectivity index (χ4n) is 7.53. The Morgan fingerprint density at radius 3 is 2.55 bits per heavy atom. The van der Waals surface area contributed by atoms with Crippen LogP contribution in [0.5, 0.6) is 6.01 Å². The number of likely N-dealkylation sites (tertiary alicyclic amines) is 1. The molecule has 1 aromatic heterocycles. The summed E-state index contributed by atoms with van der Waals surface area (Å²) in [5.41, 5.74) is 3.87. The molecule has 49 heavy (non-hydrogen) atoms. The fourth-order valence-corrected chi connectivity index (χ4v) is 7.53. The summed E-state index contributed by atoms with van der Waals surface area (Å²) < 4.78 is 20.2. The number of aryl methyl sites for hydroxylation is 1. The third-order valence-corrected chi connectivity index (χ3v) is 10.2. The van der Waals surface area contributed by atoms with E-state index in [4.69, 9.17) is 14.7 Å². The molecule has 4 heterocycles. The number of carbonyl (C=O) groups is 2. The zero-order chi connectivity index (χ0) is 35.0. The largest absolute Gasteiger partial charge is 0.463 e. The zero-order valence-electron chi connectivity index (χ0n) is 28.0. The van der Waals surface area contributed by atoms with E-state index in [0.717, 1.165) is 38.2 Å². The second-order valence-corrected chi connectivity index (χ2v) is 13.2. The summed E-state index contributed by atoms with van der Waals surface area (Å²) in [7, 11) is 1.74. The normalized spacial score (nSPS) is 21.3. The van der Waals surface area contributed by atoms with E-state index < -0.39 is 30.0 Å². The van der Waals surface area contributed by atoms with Crippen LogP contribution in [0, 0.1) is 24.2 Å². The molecule has 0 saturated carbocycles. The lowest BCUT2D eigenvalue weighted by atomic mass is 9.93. The molecule has 2 N–H and O–H groups in total. The Balaban J connectivity index is 1.36. The minimum atomic E-state index is -1.57. The molecule has 2 aromatic carbocycles. The molecule has 13 heteroatoms. The smallest absolute Gasteiger partial charge is 0.318 e. The Hall–Kier alpha value is -4.80. The van der Waals surface area contributed by atoms with Crippen LogP contribution >= 0.6 is 0 Å². The van der Waals surface area contributed by atoms with Crippen LogP contribution in [0.2, 0.25) is 0 Å². The standard InChI is InChI=1S/C36H42FN7O5/c1-21-7-5-8-24-9-6-10-29(33(21)24)42-14-13-25-27(18-42)39-36(49-20-26(23(3)45)28-11-12-32(47)41(28)4)40-34(25)43-15-16-44(35(48)22(2)37)30(19-43)31(46)17-38/h5-10,23,26,28,30-31,45-46H,2,11-16,18-20H2,1,3-4H3/t23-,26+,28-,30+,31-/m0/s1. The average molecular weight is 672 g/mol. The molecule has 12 nitrogen and oxygen atoms in total. The molecule has 6 rings (SSSR count). The van der Waals surface area contributed by atoms with Crippen molar-refractivity contribution < 1.29 is 28.9 Å². The van der Waals surface area contributed by atoms with Crippen molar-refractivity contribution in [3.63, 3.8) is 0 Å². The van der Waals surface area contributed by atoms with Gasteiger partial charge < -0.3 is 34.5 Å². The number of nitriles is 1. The van der Waals surface area contributed by atoms with E-state index in [1.54, 1.807) is 24.9 Å². The molecule has 0 radical (unpaired) electrons. The van der Waals surface area contributed by atoms with Crippen LogP contribution < -0.4 is 14.5 Å². The molecule has 3 aliphatic rings. The maximum Gasteiger partial charge on any atom is 0.318 e. The molecule has 3 aliphatic heterocycles. The molecule has 0 bridgehead atoms. The third kappa shape index (κ3) is 6.63. The molecular formula is C36H42FN7O5. The van der Waals surface area contributed by atoms with Crippen LogP contribution in [-0.2, 0) is 22.6 Å². The molecule has 2 amide bonds. The molecule has 2 fully saturated rings. The maximum atomic E-state index is 13.9. The van der Waals surface area contributed by atoms with Crippen molar-refractivity contribution in [3.05, 3.63) is 65.6 Å². The Kier molecular flexibility index (Phi) is 9.72. The van der Waals surface area contributed by atoms with E-state index in [2.05, 4.69) is 42.7 Å². The van der Waals surface area contributed by atoms with E-state index in [0.29, 0.717) is 38.2 Å². The van der Waals surface area contributed by atoms with Crippen LogP contribution in [0.15, 0.2) is 48.8 Å². The summed E-state index contributed by atoms with van der Waals surface area (Å²) in [6, 6.07) is 13.1. The van der Waals surface area contributed by atoms with Crippen molar-refractivity contribution in [1.29, 1.82) is 5.26 Å². The predicted octanol–water partition coefficient (Wildman–Crippen LogP) is 2.88. The Labute approximate surface area is 285 Å². The van der Waals surface area contributed by atoms with Crippen molar-refractivity contribution >= 4 is 34.1 Å². The predicted molar refractivity (Wildman–Crippen MR) is 182 cm³/mol. The van der Waals surface area contributed by atoms with Crippen LogP contribution in [-0.4, -0.2) is 106 Å². The Bertz CT molecular complexity index is 1810. The van der Waals surface area contributed by atoms with Gasteiger partial charge in [0, 0.05) is 68.2 Å². The van der Waals surface area contributed by atoms with Gasteiger partial charge in [-0.05, 0) is 43.7 Å². The third-order valence-electron chi connectivity index (χ3n) is 10.2. The molecular weight excluding hydrogens is 629 g/mol. The number of aliphatic hydroxyl groups is 2. The quantitative estimate of drug-likeness (QED) is 0.257. The molecule has 5 atom stereocenters. The number of hydrogen-bond donors (Lipinski definition) is 2. The van der Waals surface area contributed by atoms with Crippen LogP contribution in [0.3, 0.4) is 0 Å². The van der Waals surface area contributed by atoms with Crippen molar-refractivity contribution in [2.45, 2.75) is 63.9 Å². The van der Waals surface area contributed by atoms with Gasteiger partial charge in [0.05, 0.1) is 37.1 Å². The number of piperazine rings is 1. The SMILES string of the molecule is C=C(F)C(=O)N1CCN(c2nc(OC[C@H]([C@H](C)O)[C@@H]3CCC(=O)N3C)nc3c2CCN(c2cccc4cccc(C)c24)C3)C[C@@H]1[C@@H](O)C#N. The molecule has 258 valence electrons. The lowest BCUT2D eigenvalue weighted by molar-refractivity contribution is -0.133. The number of aromatic nitrogens is 2. The van der Waals surface area contributed by atoms with Gasteiger partial charge in [0.25, 0.3) is 5.91 Å². The van der Waals surface area contributed by atoms with E-state index in [1.807, 2.05) is 17.0 Å². The van der Waals surface area contributed by atoms with Gasteiger partial charge in [-0.1, -0.05) is 36.9 Å². The average Bonchev–Trinajstić information content (AvgIpc) is 3.43. The summed E-state index contributed by atoms with van der Waals surface area (Å²) in [5.74, 6) is -1.93. The summed E-state index contributed by atoms with van der Waals surface area (Å²) in [5, 5.41) is 33.2. The molecule has 2 saturated heterocycles. The minimum absolute atomic E-state index is 0.0220. The number of hydrogen-bond acceptors (Lipinski definition) is 10. The number of halogens is 1. The maximum absolute atomic E-state index is 13.9. The second-order valence-electron chi connectivity index (χ2n) is 13.2. The molecule has 3 aromatic rings. The van der Waals surface area contributed by atoms with Gasteiger partial charge in [-0.3, -0.25) is 9.59 Å². The summed E-state index contributed by atoms with van der Waals surface area (Å²) in [6.45, 7) is 8.41. The topological polar surface area (TPSA) is 146 Å². The fraction of sp³-hybridized carbons (Fsp3) is 0.472. The number of amides is 2. The van der Waals surface area contributed by atoms with E-state index in [9.17, 15) is 29.5 Å². The van der Waals surface area contributed by atoms with Gasteiger partial charge in [-0.25, -0.2) is 4.39 Å². The molecule has 0 unspecified atom stereocenters. The minimum Gasteiger partial charge on any atom is -0.463 e. The Morgan fingerprint density at radius 2 is 1.88 bits per heavy atom. The van der Waals surface area contributed by atoms with Crippen LogP contribution in [0.25, 0.3) is 10.8 Å². The van der Waals surface area contributed by atoms with Gasteiger partial charge in [-0.2, -0.15) is 15.2 Å². The Morgan fingerprint density at radius 1 is 1.12 bits per heavy atom.